The minimum absolute atomic E-state index is 0.0467. The first-order valence-corrected chi connectivity index (χ1v) is 8.30. The van der Waals surface area contributed by atoms with Gasteiger partial charge < -0.3 is 10.2 Å². The molecule has 6 heteroatoms. The van der Waals surface area contributed by atoms with E-state index in [0.717, 1.165) is 11.2 Å². The van der Waals surface area contributed by atoms with E-state index in [1.165, 1.54) is 0 Å². The van der Waals surface area contributed by atoms with Gasteiger partial charge in [0.25, 0.3) is 0 Å². The van der Waals surface area contributed by atoms with Crippen LogP contribution in [0.15, 0.2) is 83.0 Å². The molecule has 5 nitrogen and oxygen atoms in total. The van der Waals surface area contributed by atoms with Gasteiger partial charge in [0.05, 0.1) is 11.2 Å². The summed E-state index contributed by atoms with van der Waals surface area (Å²) in [6.07, 6.45) is 0. The van der Waals surface area contributed by atoms with Gasteiger partial charge in [-0.05, 0) is 54.6 Å². The van der Waals surface area contributed by atoms with Gasteiger partial charge in [-0.15, -0.1) is 5.11 Å². The quantitative estimate of drug-likeness (QED) is 0.431. The summed E-state index contributed by atoms with van der Waals surface area (Å²) in [5, 5.41) is 30.3. The van der Waals surface area contributed by atoms with E-state index in [1.54, 1.807) is 47.0 Å². The Bertz CT molecular complexity index is 1100. The third-order valence-corrected chi connectivity index (χ3v) is 4.26. The third-order valence-electron chi connectivity index (χ3n) is 4.01. The summed E-state index contributed by atoms with van der Waals surface area (Å²) in [5.41, 5.74) is 2.40. The number of azo groups is 1. The number of para-hydroxylation sites is 1. The number of fused-ring (bicyclic) bond motifs is 1. The summed E-state index contributed by atoms with van der Waals surface area (Å²) in [4.78, 5) is 0. The van der Waals surface area contributed by atoms with Crippen LogP contribution >= 0.6 is 11.6 Å². The minimum atomic E-state index is -0.0467. The molecule has 0 aliphatic carbocycles. The molecule has 1 aromatic heterocycles. The fourth-order valence-corrected chi connectivity index (χ4v) is 2.93. The number of benzene rings is 3. The van der Waals surface area contributed by atoms with Crippen molar-refractivity contribution in [3.05, 3.63) is 77.8 Å². The Balaban J connectivity index is 1.90. The molecule has 0 unspecified atom stereocenters. The normalized spacial score (nSPS) is 11.4. The van der Waals surface area contributed by atoms with Crippen molar-refractivity contribution in [3.8, 4) is 17.3 Å². The maximum Gasteiger partial charge on any atom is 0.225 e. The van der Waals surface area contributed by atoms with Crippen molar-refractivity contribution >= 4 is 33.9 Å². The highest BCUT2D eigenvalue weighted by Crippen LogP contribution is 2.42. The molecule has 0 saturated carbocycles. The summed E-state index contributed by atoms with van der Waals surface area (Å²) in [6, 6.07) is 21.2. The van der Waals surface area contributed by atoms with Gasteiger partial charge in [0.15, 0.2) is 5.69 Å². The van der Waals surface area contributed by atoms with Crippen LogP contribution in [0.5, 0.6) is 11.6 Å². The highest BCUT2D eigenvalue weighted by atomic mass is 35.5. The van der Waals surface area contributed by atoms with Gasteiger partial charge in [-0.25, -0.2) is 0 Å². The van der Waals surface area contributed by atoms with Gasteiger partial charge in [0, 0.05) is 16.1 Å². The van der Waals surface area contributed by atoms with Crippen LogP contribution in [0.4, 0.5) is 11.4 Å². The molecule has 4 rings (SSSR count). The zero-order chi connectivity index (χ0) is 18.1. The van der Waals surface area contributed by atoms with Gasteiger partial charge in [-0.3, -0.25) is 4.57 Å². The Morgan fingerprint density at radius 2 is 1.54 bits per heavy atom. The van der Waals surface area contributed by atoms with Crippen molar-refractivity contribution < 1.29 is 10.2 Å². The maximum atomic E-state index is 10.8. The fraction of sp³-hybridized carbons (Fsp3) is 0. The molecule has 3 aromatic carbocycles. The molecule has 0 saturated heterocycles. The summed E-state index contributed by atoms with van der Waals surface area (Å²) in [6.45, 7) is 0. The van der Waals surface area contributed by atoms with Gasteiger partial charge in [-0.2, -0.15) is 5.11 Å². The average molecular weight is 364 g/mol. The highest BCUT2D eigenvalue weighted by molar-refractivity contribution is 6.30. The van der Waals surface area contributed by atoms with Crippen molar-refractivity contribution in [1.82, 2.24) is 4.57 Å². The summed E-state index contributed by atoms with van der Waals surface area (Å²) in [5.74, 6) is 0.0418. The molecule has 26 heavy (non-hydrogen) atoms. The van der Waals surface area contributed by atoms with Crippen LogP contribution in [-0.4, -0.2) is 14.8 Å². The lowest BCUT2D eigenvalue weighted by molar-refractivity contribution is 0.446. The number of hydrogen-bond donors (Lipinski definition) is 2. The number of aromatic hydroxyl groups is 2. The van der Waals surface area contributed by atoms with Gasteiger partial charge >= 0.3 is 0 Å². The standard InChI is InChI=1S/C20H14ClN3O2/c21-13-6-8-14(9-7-13)22-23-19-17-12-16(25)10-11-18(17)24(20(19)26)15-4-2-1-3-5-15/h1-12,25-26H. The van der Waals surface area contributed by atoms with Gasteiger partial charge in [0.2, 0.25) is 5.88 Å². The first-order chi connectivity index (χ1) is 12.6. The molecule has 128 valence electrons. The number of nitrogens with zero attached hydrogens (tertiary/aromatic N) is 3. The summed E-state index contributed by atoms with van der Waals surface area (Å²) >= 11 is 5.88. The number of aromatic nitrogens is 1. The molecule has 1 heterocycles. The second kappa shape index (κ2) is 6.54. The number of rotatable bonds is 3. The molecular formula is C20H14ClN3O2. The third kappa shape index (κ3) is 2.89. The first-order valence-electron chi connectivity index (χ1n) is 7.92. The highest BCUT2D eigenvalue weighted by Gasteiger charge is 2.18. The molecular weight excluding hydrogens is 350 g/mol. The molecule has 0 atom stereocenters. The zero-order valence-corrected chi connectivity index (χ0v) is 14.3. The topological polar surface area (TPSA) is 70.1 Å². The molecule has 0 aliphatic heterocycles. The van der Waals surface area contributed by atoms with E-state index in [2.05, 4.69) is 10.2 Å². The second-order valence-electron chi connectivity index (χ2n) is 5.72. The molecule has 0 aliphatic rings. The van der Waals surface area contributed by atoms with Gasteiger partial charge in [-0.1, -0.05) is 29.8 Å². The predicted molar refractivity (Wildman–Crippen MR) is 102 cm³/mol. The van der Waals surface area contributed by atoms with E-state index in [4.69, 9.17) is 11.6 Å². The van der Waals surface area contributed by atoms with Crippen LogP contribution in [0.2, 0.25) is 5.02 Å². The lowest BCUT2D eigenvalue weighted by Gasteiger charge is -2.06. The molecule has 0 bridgehead atoms. The maximum absolute atomic E-state index is 10.8. The molecule has 0 amide bonds. The lowest BCUT2D eigenvalue weighted by Crippen LogP contribution is -1.91. The zero-order valence-electron chi connectivity index (χ0n) is 13.5. The fourth-order valence-electron chi connectivity index (χ4n) is 2.80. The first kappa shape index (κ1) is 16.2. The van der Waals surface area contributed by atoms with Crippen LogP contribution in [0.25, 0.3) is 16.6 Å². The van der Waals surface area contributed by atoms with Crippen molar-refractivity contribution in [2.45, 2.75) is 0 Å². The number of phenols is 1. The van der Waals surface area contributed by atoms with Crippen molar-refractivity contribution in [2.24, 2.45) is 10.2 Å². The molecule has 4 aromatic rings. The van der Waals surface area contributed by atoms with E-state index in [9.17, 15) is 10.2 Å². The van der Waals surface area contributed by atoms with E-state index < -0.39 is 0 Å². The smallest absolute Gasteiger partial charge is 0.225 e. The van der Waals surface area contributed by atoms with Crippen LogP contribution < -0.4 is 0 Å². The Kier molecular flexibility index (Phi) is 4.07. The molecule has 2 N–H and O–H groups in total. The largest absolute Gasteiger partial charge is 0.508 e. The Labute approximate surface area is 154 Å². The van der Waals surface area contributed by atoms with Crippen LogP contribution in [0.1, 0.15) is 0 Å². The summed E-state index contributed by atoms with van der Waals surface area (Å²) < 4.78 is 1.67. The van der Waals surface area contributed by atoms with E-state index in [1.807, 2.05) is 30.3 Å². The van der Waals surface area contributed by atoms with E-state index >= 15 is 0 Å². The second-order valence-corrected chi connectivity index (χ2v) is 6.16. The minimum Gasteiger partial charge on any atom is -0.508 e. The number of hydrogen-bond acceptors (Lipinski definition) is 4. The number of phenolic OH excluding ortho intramolecular Hbond substituents is 1. The summed E-state index contributed by atoms with van der Waals surface area (Å²) in [7, 11) is 0. The van der Waals surface area contributed by atoms with Crippen molar-refractivity contribution in [2.75, 3.05) is 0 Å². The van der Waals surface area contributed by atoms with Crippen molar-refractivity contribution in [1.29, 1.82) is 0 Å². The van der Waals surface area contributed by atoms with Crippen LogP contribution in [0.3, 0.4) is 0 Å². The average Bonchev–Trinajstić information content (AvgIpc) is 2.93. The molecule has 0 fully saturated rings. The lowest BCUT2D eigenvalue weighted by atomic mass is 10.2. The van der Waals surface area contributed by atoms with Crippen LogP contribution in [0, 0.1) is 0 Å². The Hall–Kier alpha value is -3.31. The van der Waals surface area contributed by atoms with E-state index in [0.29, 0.717) is 16.1 Å². The Morgan fingerprint density at radius 1 is 0.808 bits per heavy atom. The molecule has 0 radical (unpaired) electrons. The SMILES string of the molecule is Oc1ccc2c(c1)c(N=Nc1ccc(Cl)cc1)c(O)n2-c1ccccc1. The number of halogens is 1. The van der Waals surface area contributed by atoms with Crippen molar-refractivity contribution in [3.63, 3.8) is 0 Å². The van der Waals surface area contributed by atoms with Crippen LogP contribution in [-0.2, 0) is 0 Å². The monoisotopic (exact) mass is 363 g/mol. The molecule has 0 spiro atoms. The van der Waals surface area contributed by atoms with E-state index in [-0.39, 0.29) is 17.3 Å². The predicted octanol–water partition coefficient (Wildman–Crippen LogP) is 6.11. The van der Waals surface area contributed by atoms with Gasteiger partial charge in [0.1, 0.15) is 5.75 Å². The Morgan fingerprint density at radius 3 is 2.27 bits per heavy atom.